The van der Waals surface area contributed by atoms with Gasteiger partial charge in [-0.15, -0.1) is 0 Å². The van der Waals surface area contributed by atoms with E-state index in [1.165, 1.54) is 5.56 Å². The van der Waals surface area contributed by atoms with Crippen LogP contribution < -0.4 is 5.73 Å². The second kappa shape index (κ2) is 3.87. The van der Waals surface area contributed by atoms with E-state index in [-0.39, 0.29) is 0 Å². The van der Waals surface area contributed by atoms with Crippen molar-refractivity contribution < 1.29 is 4.42 Å². The fraction of sp³-hybridized carbons (Fsp3) is 0.250. The van der Waals surface area contributed by atoms with Crippen molar-refractivity contribution in [1.29, 1.82) is 0 Å². The molecule has 0 saturated carbocycles. The molecule has 2 aromatic rings. The largest absolute Gasteiger partial charge is 0.444 e. The molecule has 0 atom stereocenters. The Hall–Kier alpha value is -1.61. The molecule has 3 nitrogen and oxygen atoms in total. The van der Waals surface area contributed by atoms with E-state index in [9.17, 15) is 0 Å². The van der Waals surface area contributed by atoms with Crippen LogP contribution in [0, 0.1) is 13.8 Å². The van der Waals surface area contributed by atoms with E-state index in [4.69, 9.17) is 10.2 Å². The Morgan fingerprint density at radius 3 is 2.47 bits per heavy atom. The van der Waals surface area contributed by atoms with Gasteiger partial charge in [-0.2, -0.15) is 0 Å². The van der Waals surface area contributed by atoms with Crippen molar-refractivity contribution in [2.45, 2.75) is 20.4 Å². The lowest BCUT2D eigenvalue weighted by atomic mass is 10.1. The number of hydrogen-bond donors (Lipinski definition) is 1. The van der Waals surface area contributed by atoms with Gasteiger partial charge in [0.1, 0.15) is 11.5 Å². The predicted octanol–water partition coefficient (Wildman–Crippen LogP) is 2.42. The van der Waals surface area contributed by atoms with Crippen molar-refractivity contribution in [2.75, 3.05) is 0 Å². The van der Waals surface area contributed by atoms with E-state index in [1.54, 1.807) is 0 Å². The van der Waals surface area contributed by atoms with Gasteiger partial charge in [0, 0.05) is 12.5 Å². The number of hydrogen-bond acceptors (Lipinski definition) is 3. The number of nitrogens with two attached hydrogens (primary N) is 1. The Balaban J connectivity index is 2.48. The van der Waals surface area contributed by atoms with Crippen LogP contribution in [0.1, 0.15) is 17.2 Å². The van der Waals surface area contributed by atoms with Gasteiger partial charge in [0.05, 0.1) is 6.54 Å². The number of benzene rings is 1. The normalized spacial score (nSPS) is 10.6. The summed E-state index contributed by atoms with van der Waals surface area (Å²) in [7, 11) is 0. The van der Waals surface area contributed by atoms with Crippen molar-refractivity contribution in [2.24, 2.45) is 5.73 Å². The maximum Gasteiger partial charge on any atom is 0.191 e. The molecule has 78 valence electrons. The van der Waals surface area contributed by atoms with Crippen LogP contribution in [0.25, 0.3) is 11.3 Å². The summed E-state index contributed by atoms with van der Waals surface area (Å²) in [4.78, 5) is 4.33. The highest BCUT2D eigenvalue weighted by molar-refractivity contribution is 5.61. The van der Waals surface area contributed by atoms with Crippen LogP contribution in [0.3, 0.4) is 0 Å². The molecule has 3 heteroatoms. The van der Waals surface area contributed by atoms with Crippen molar-refractivity contribution in [3.63, 3.8) is 0 Å². The van der Waals surface area contributed by atoms with Crippen LogP contribution in [-0.4, -0.2) is 4.98 Å². The summed E-state index contributed by atoms with van der Waals surface area (Å²) in [6, 6.07) is 8.18. The average molecular weight is 202 g/mol. The molecule has 0 amide bonds. The van der Waals surface area contributed by atoms with Gasteiger partial charge in [-0.1, -0.05) is 29.8 Å². The maximum atomic E-state index is 5.60. The Morgan fingerprint density at radius 2 is 1.87 bits per heavy atom. The summed E-state index contributed by atoms with van der Waals surface area (Å²) in [6.45, 7) is 4.27. The number of nitrogens with zero attached hydrogens (tertiary/aromatic N) is 1. The highest BCUT2D eigenvalue weighted by atomic mass is 16.4. The van der Waals surface area contributed by atoms with Gasteiger partial charge in [-0.05, 0) is 6.92 Å². The molecule has 1 aromatic heterocycles. The number of oxazole rings is 1. The van der Waals surface area contributed by atoms with Gasteiger partial charge < -0.3 is 10.2 Å². The first kappa shape index (κ1) is 9.93. The summed E-state index contributed by atoms with van der Waals surface area (Å²) in [5.41, 5.74) is 8.74. The first-order valence-corrected chi connectivity index (χ1v) is 4.94. The monoisotopic (exact) mass is 202 g/mol. The molecule has 2 rings (SSSR count). The maximum absolute atomic E-state index is 5.60. The zero-order chi connectivity index (χ0) is 10.8. The van der Waals surface area contributed by atoms with Crippen LogP contribution in [0.2, 0.25) is 0 Å². The number of aromatic nitrogens is 1. The highest BCUT2D eigenvalue weighted by Crippen LogP contribution is 2.23. The molecule has 0 unspecified atom stereocenters. The zero-order valence-electron chi connectivity index (χ0n) is 8.95. The summed E-state index contributed by atoms with van der Waals surface area (Å²) in [5, 5.41) is 0. The van der Waals surface area contributed by atoms with Crippen molar-refractivity contribution in [3.8, 4) is 11.3 Å². The molecule has 1 heterocycles. The summed E-state index contributed by atoms with van der Waals surface area (Å²) < 4.78 is 5.41. The van der Waals surface area contributed by atoms with Gasteiger partial charge in [0.25, 0.3) is 0 Å². The molecule has 0 aliphatic carbocycles. The van der Waals surface area contributed by atoms with E-state index in [2.05, 4.69) is 24.0 Å². The minimum absolute atomic E-state index is 0.379. The Morgan fingerprint density at radius 1 is 1.20 bits per heavy atom. The van der Waals surface area contributed by atoms with Crippen LogP contribution in [0.5, 0.6) is 0 Å². The Kier molecular flexibility index (Phi) is 2.56. The minimum atomic E-state index is 0.379. The second-order valence-electron chi connectivity index (χ2n) is 3.57. The van der Waals surface area contributed by atoms with Gasteiger partial charge in [0.15, 0.2) is 5.89 Å². The van der Waals surface area contributed by atoms with Gasteiger partial charge in [0.2, 0.25) is 0 Å². The second-order valence-corrected chi connectivity index (χ2v) is 3.57. The lowest BCUT2D eigenvalue weighted by molar-refractivity contribution is 0.477. The van der Waals surface area contributed by atoms with Crippen LogP contribution >= 0.6 is 0 Å². The first-order valence-electron chi connectivity index (χ1n) is 4.94. The smallest absolute Gasteiger partial charge is 0.191 e. The quantitative estimate of drug-likeness (QED) is 0.813. The Bertz CT molecular complexity index is 457. The van der Waals surface area contributed by atoms with Crippen molar-refractivity contribution in [3.05, 3.63) is 41.5 Å². The molecule has 0 saturated heterocycles. The van der Waals surface area contributed by atoms with E-state index >= 15 is 0 Å². The number of aryl methyl sites for hydroxylation is 2. The summed E-state index contributed by atoms with van der Waals surface area (Å²) in [6.07, 6.45) is 0. The zero-order valence-corrected chi connectivity index (χ0v) is 8.95. The van der Waals surface area contributed by atoms with Gasteiger partial charge in [-0.25, -0.2) is 4.98 Å². The fourth-order valence-corrected chi connectivity index (χ4v) is 1.54. The molecule has 0 fully saturated rings. The third-order valence-electron chi connectivity index (χ3n) is 2.31. The third-order valence-corrected chi connectivity index (χ3v) is 2.31. The Labute approximate surface area is 88.9 Å². The topological polar surface area (TPSA) is 52.0 Å². The molecular formula is C12H14N2O. The van der Waals surface area contributed by atoms with E-state index in [0.29, 0.717) is 12.4 Å². The molecule has 15 heavy (non-hydrogen) atoms. The van der Waals surface area contributed by atoms with Gasteiger partial charge in [-0.3, -0.25) is 0 Å². The van der Waals surface area contributed by atoms with E-state index in [1.807, 2.05) is 19.1 Å². The van der Waals surface area contributed by atoms with Gasteiger partial charge >= 0.3 is 0 Å². The third kappa shape index (κ3) is 1.92. The highest BCUT2D eigenvalue weighted by Gasteiger charge is 2.10. The van der Waals surface area contributed by atoms with E-state index in [0.717, 1.165) is 17.0 Å². The average Bonchev–Trinajstić information content (AvgIpc) is 2.61. The molecule has 0 spiro atoms. The van der Waals surface area contributed by atoms with Crippen LogP contribution in [0.15, 0.2) is 28.7 Å². The fourth-order valence-electron chi connectivity index (χ4n) is 1.54. The number of rotatable bonds is 2. The molecule has 2 N–H and O–H groups in total. The predicted molar refractivity (Wildman–Crippen MR) is 59.3 cm³/mol. The SMILES string of the molecule is Cc1ccc(-c2nc(C)oc2CN)cc1. The summed E-state index contributed by atoms with van der Waals surface area (Å²) in [5.74, 6) is 1.40. The van der Waals surface area contributed by atoms with Crippen LogP contribution in [0.4, 0.5) is 0 Å². The van der Waals surface area contributed by atoms with E-state index < -0.39 is 0 Å². The molecule has 1 aromatic carbocycles. The van der Waals surface area contributed by atoms with Crippen LogP contribution in [-0.2, 0) is 6.54 Å². The molecule has 0 radical (unpaired) electrons. The minimum Gasteiger partial charge on any atom is -0.444 e. The van der Waals surface area contributed by atoms with Crippen molar-refractivity contribution >= 4 is 0 Å². The lowest BCUT2D eigenvalue weighted by Crippen LogP contribution is -1.96. The molecule has 0 bridgehead atoms. The molecule has 0 aliphatic rings. The standard InChI is InChI=1S/C12H14N2O/c1-8-3-5-10(6-4-8)12-11(7-13)15-9(2)14-12/h3-6H,7,13H2,1-2H3. The molecular weight excluding hydrogens is 188 g/mol. The molecule has 0 aliphatic heterocycles. The lowest BCUT2D eigenvalue weighted by Gasteiger charge is -1.99. The summed E-state index contributed by atoms with van der Waals surface area (Å²) >= 11 is 0. The van der Waals surface area contributed by atoms with Crippen molar-refractivity contribution in [1.82, 2.24) is 4.98 Å². The first-order chi connectivity index (χ1) is 7.20.